The number of halogens is 3. The molecule has 0 aromatic heterocycles. The van der Waals surface area contributed by atoms with Crippen LogP contribution in [0.4, 0.5) is 0 Å². The second-order valence-corrected chi connectivity index (χ2v) is 8.92. The molecule has 0 heterocycles. The first-order chi connectivity index (χ1) is 13.1. The standard InChI is InChI=1S/C18H19Cl3N2O4S/c1-3-23(4-2)28(26,27)12-7-5-11(6-8-12)10-22-18(25)15-16(21)13(19)9-14(20)17(15)24/h5-9,24H,3-4,10H2,1-2H3,(H,22,25). The van der Waals surface area contributed by atoms with E-state index in [0.29, 0.717) is 18.7 Å². The number of carbonyl (C=O) groups is 1. The highest BCUT2D eigenvalue weighted by Gasteiger charge is 2.22. The monoisotopic (exact) mass is 464 g/mol. The van der Waals surface area contributed by atoms with Crippen molar-refractivity contribution in [3.8, 4) is 5.75 Å². The number of nitrogens with one attached hydrogen (secondary N) is 1. The molecule has 0 atom stereocenters. The highest BCUT2D eigenvalue weighted by molar-refractivity contribution is 7.89. The normalized spacial score (nSPS) is 11.6. The largest absolute Gasteiger partial charge is 0.505 e. The summed E-state index contributed by atoms with van der Waals surface area (Å²) >= 11 is 17.7. The summed E-state index contributed by atoms with van der Waals surface area (Å²) in [5.74, 6) is -1.12. The number of hydrogen-bond donors (Lipinski definition) is 2. The van der Waals surface area contributed by atoms with E-state index in [1.165, 1.54) is 22.5 Å². The molecule has 2 aromatic carbocycles. The van der Waals surface area contributed by atoms with Gasteiger partial charge in [0.2, 0.25) is 10.0 Å². The molecule has 0 fully saturated rings. The van der Waals surface area contributed by atoms with Crippen molar-refractivity contribution >= 4 is 50.7 Å². The lowest BCUT2D eigenvalue weighted by Crippen LogP contribution is -2.30. The first-order valence-corrected chi connectivity index (χ1v) is 10.9. The maximum Gasteiger partial charge on any atom is 0.256 e. The summed E-state index contributed by atoms with van der Waals surface area (Å²) in [5.41, 5.74) is 0.440. The van der Waals surface area contributed by atoms with E-state index in [1.807, 2.05) is 0 Å². The molecule has 2 aromatic rings. The van der Waals surface area contributed by atoms with Gasteiger partial charge in [-0.3, -0.25) is 4.79 Å². The molecule has 0 radical (unpaired) electrons. The molecule has 1 amide bonds. The van der Waals surface area contributed by atoms with Gasteiger partial charge in [0.15, 0.2) is 0 Å². The molecule has 2 N–H and O–H groups in total. The van der Waals surface area contributed by atoms with Crippen molar-refractivity contribution < 1.29 is 18.3 Å². The van der Waals surface area contributed by atoms with E-state index in [9.17, 15) is 18.3 Å². The number of carbonyl (C=O) groups excluding carboxylic acids is 1. The number of amides is 1. The van der Waals surface area contributed by atoms with Crippen LogP contribution in [-0.2, 0) is 16.6 Å². The lowest BCUT2D eigenvalue weighted by atomic mass is 10.1. The summed E-state index contributed by atoms with van der Waals surface area (Å²) in [7, 11) is -3.55. The molecule has 0 bridgehead atoms. The van der Waals surface area contributed by atoms with E-state index in [1.54, 1.807) is 26.0 Å². The average Bonchev–Trinajstić information content (AvgIpc) is 2.66. The SMILES string of the molecule is CCN(CC)S(=O)(=O)c1ccc(CNC(=O)c2c(O)c(Cl)cc(Cl)c2Cl)cc1. The Morgan fingerprint density at radius 2 is 1.64 bits per heavy atom. The zero-order chi connectivity index (χ0) is 21.1. The van der Waals surface area contributed by atoms with Gasteiger partial charge in [-0.05, 0) is 23.8 Å². The second kappa shape index (κ2) is 9.33. The third kappa shape index (κ3) is 4.72. The summed E-state index contributed by atoms with van der Waals surface area (Å²) in [4.78, 5) is 12.6. The van der Waals surface area contributed by atoms with Crippen LogP contribution in [-0.4, -0.2) is 36.8 Å². The molecule has 6 nitrogen and oxygen atoms in total. The number of benzene rings is 2. The Balaban J connectivity index is 2.16. The van der Waals surface area contributed by atoms with E-state index in [2.05, 4.69) is 5.32 Å². The Morgan fingerprint density at radius 1 is 1.07 bits per heavy atom. The zero-order valence-corrected chi connectivity index (χ0v) is 18.3. The number of nitrogens with zero attached hydrogens (tertiary/aromatic N) is 1. The fourth-order valence-corrected chi connectivity index (χ4v) is 4.71. The molecule has 0 saturated carbocycles. The Bertz CT molecular complexity index is 949. The molecular formula is C18H19Cl3N2O4S. The molecule has 0 unspecified atom stereocenters. The number of aromatic hydroxyl groups is 1. The van der Waals surface area contributed by atoms with Gasteiger partial charge in [0.05, 0.1) is 20.0 Å². The van der Waals surface area contributed by atoms with Crippen molar-refractivity contribution in [3.63, 3.8) is 0 Å². The fraction of sp³-hybridized carbons (Fsp3) is 0.278. The highest BCUT2D eigenvalue weighted by Crippen LogP contribution is 2.38. The van der Waals surface area contributed by atoms with E-state index in [4.69, 9.17) is 34.8 Å². The van der Waals surface area contributed by atoms with Gasteiger partial charge >= 0.3 is 0 Å². The molecule has 2 rings (SSSR count). The number of sulfonamides is 1. The first-order valence-electron chi connectivity index (χ1n) is 8.37. The summed E-state index contributed by atoms with van der Waals surface area (Å²) in [6, 6.07) is 7.41. The smallest absolute Gasteiger partial charge is 0.256 e. The van der Waals surface area contributed by atoms with Crippen molar-refractivity contribution in [2.75, 3.05) is 13.1 Å². The van der Waals surface area contributed by atoms with Gasteiger partial charge in [-0.2, -0.15) is 4.31 Å². The highest BCUT2D eigenvalue weighted by atomic mass is 35.5. The minimum Gasteiger partial charge on any atom is -0.505 e. The second-order valence-electron chi connectivity index (χ2n) is 5.79. The third-order valence-electron chi connectivity index (χ3n) is 4.09. The van der Waals surface area contributed by atoms with Gasteiger partial charge in [0.25, 0.3) is 5.91 Å². The predicted octanol–water partition coefficient (Wildman–Crippen LogP) is 4.31. The molecule has 152 valence electrons. The molecule has 0 aliphatic carbocycles. The van der Waals surface area contributed by atoms with Gasteiger partial charge in [0, 0.05) is 19.6 Å². The van der Waals surface area contributed by atoms with Crippen LogP contribution in [0.2, 0.25) is 15.1 Å². The fourth-order valence-electron chi connectivity index (χ4n) is 2.56. The number of hydrogen-bond acceptors (Lipinski definition) is 4. The summed E-state index contributed by atoms with van der Waals surface area (Å²) < 4.78 is 26.3. The first kappa shape index (κ1) is 22.8. The molecule has 0 aliphatic heterocycles. The molecule has 0 spiro atoms. The number of phenols is 1. The van der Waals surface area contributed by atoms with Crippen LogP contribution in [0.15, 0.2) is 35.2 Å². The van der Waals surface area contributed by atoms with Crippen molar-refractivity contribution in [1.82, 2.24) is 9.62 Å². The maximum absolute atomic E-state index is 12.5. The lowest BCUT2D eigenvalue weighted by Gasteiger charge is -2.18. The predicted molar refractivity (Wildman–Crippen MR) is 111 cm³/mol. The molecule has 28 heavy (non-hydrogen) atoms. The summed E-state index contributed by atoms with van der Waals surface area (Å²) in [6.07, 6.45) is 0. The third-order valence-corrected chi connectivity index (χ3v) is 7.23. The van der Waals surface area contributed by atoms with Crippen LogP contribution in [0.5, 0.6) is 5.75 Å². The van der Waals surface area contributed by atoms with Crippen molar-refractivity contribution in [2.45, 2.75) is 25.3 Å². The summed E-state index contributed by atoms with van der Waals surface area (Å²) in [6.45, 7) is 4.39. The minimum atomic E-state index is -3.55. The van der Waals surface area contributed by atoms with Crippen LogP contribution < -0.4 is 5.32 Å². The van der Waals surface area contributed by atoms with E-state index < -0.39 is 21.7 Å². The molecule has 0 saturated heterocycles. The Labute approximate surface area is 179 Å². The van der Waals surface area contributed by atoms with Crippen molar-refractivity contribution in [2.24, 2.45) is 0 Å². The average molecular weight is 466 g/mol. The summed E-state index contributed by atoms with van der Waals surface area (Å²) in [5, 5.41) is 12.4. The number of phenolic OH excluding ortho intramolecular Hbond substituents is 1. The van der Waals surface area contributed by atoms with Crippen LogP contribution in [0.3, 0.4) is 0 Å². The van der Waals surface area contributed by atoms with Gasteiger partial charge in [0.1, 0.15) is 11.3 Å². The lowest BCUT2D eigenvalue weighted by molar-refractivity contribution is 0.0948. The van der Waals surface area contributed by atoms with Crippen LogP contribution >= 0.6 is 34.8 Å². The van der Waals surface area contributed by atoms with E-state index >= 15 is 0 Å². The Morgan fingerprint density at radius 3 is 2.18 bits per heavy atom. The van der Waals surface area contributed by atoms with Gasteiger partial charge < -0.3 is 10.4 Å². The Hall–Kier alpha value is -1.51. The van der Waals surface area contributed by atoms with Gasteiger partial charge in [-0.15, -0.1) is 0 Å². The topological polar surface area (TPSA) is 86.7 Å². The molecule has 10 heteroatoms. The van der Waals surface area contributed by atoms with Crippen molar-refractivity contribution in [1.29, 1.82) is 0 Å². The molecule has 0 aliphatic rings. The van der Waals surface area contributed by atoms with E-state index in [0.717, 1.165) is 0 Å². The van der Waals surface area contributed by atoms with Crippen LogP contribution in [0.1, 0.15) is 29.8 Å². The van der Waals surface area contributed by atoms with Gasteiger partial charge in [-0.25, -0.2) is 8.42 Å². The Kier molecular flexibility index (Phi) is 7.59. The zero-order valence-electron chi connectivity index (χ0n) is 15.2. The number of rotatable bonds is 7. The van der Waals surface area contributed by atoms with Crippen LogP contribution in [0.25, 0.3) is 0 Å². The van der Waals surface area contributed by atoms with Crippen LogP contribution in [0, 0.1) is 0 Å². The van der Waals surface area contributed by atoms with Gasteiger partial charge in [-0.1, -0.05) is 60.8 Å². The van der Waals surface area contributed by atoms with E-state index in [-0.39, 0.29) is 32.1 Å². The molecular weight excluding hydrogens is 447 g/mol. The quantitative estimate of drug-likeness (QED) is 0.596. The maximum atomic E-state index is 12.5. The minimum absolute atomic E-state index is 0.0422. The van der Waals surface area contributed by atoms with Crippen molar-refractivity contribution in [3.05, 3.63) is 56.5 Å².